The highest BCUT2D eigenvalue weighted by Crippen LogP contribution is 2.37. The van der Waals surface area contributed by atoms with Crippen molar-refractivity contribution in [3.05, 3.63) is 24.3 Å². The predicted octanol–water partition coefficient (Wildman–Crippen LogP) is 3.43. The minimum absolute atomic E-state index is 0.132. The highest BCUT2D eigenvalue weighted by Gasteiger charge is 2.36. The van der Waals surface area contributed by atoms with Crippen molar-refractivity contribution in [2.24, 2.45) is 11.1 Å². The molecule has 0 fully saturated rings. The Bertz CT molecular complexity index is 439. The van der Waals surface area contributed by atoms with Gasteiger partial charge in [-0.05, 0) is 30.4 Å². The van der Waals surface area contributed by atoms with Gasteiger partial charge in [0.15, 0.2) is 0 Å². The van der Waals surface area contributed by atoms with Crippen molar-refractivity contribution in [3.63, 3.8) is 0 Å². The van der Waals surface area contributed by atoms with Crippen LogP contribution in [-0.2, 0) is 0 Å². The number of rotatable bonds is 3. The number of benzene rings is 1. The fourth-order valence-electron chi connectivity index (χ4n) is 3.21. The van der Waals surface area contributed by atoms with Gasteiger partial charge in [-0.1, -0.05) is 39.8 Å². The molecule has 112 valence electrons. The fraction of sp³-hybridized carbons (Fsp3) is 0.647. The Kier molecular flexibility index (Phi) is 4.59. The maximum absolute atomic E-state index is 6.46. The molecule has 1 aromatic carbocycles. The van der Waals surface area contributed by atoms with Crippen LogP contribution in [0.5, 0.6) is 5.75 Å². The van der Waals surface area contributed by atoms with Gasteiger partial charge in [-0.25, -0.2) is 0 Å². The second-order valence-electron chi connectivity index (χ2n) is 6.75. The molecule has 0 aromatic heterocycles. The summed E-state index contributed by atoms with van der Waals surface area (Å²) < 4.78 is 5.87. The normalized spacial score (nSPS) is 18.8. The first kappa shape index (κ1) is 15.2. The van der Waals surface area contributed by atoms with Gasteiger partial charge in [-0.2, -0.15) is 0 Å². The number of fused-ring (bicyclic) bond motifs is 1. The molecular weight excluding hydrogens is 248 g/mol. The van der Waals surface area contributed by atoms with E-state index in [1.54, 1.807) is 0 Å². The van der Waals surface area contributed by atoms with Crippen LogP contribution in [0.15, 0.2) is 24.3 Å². The second kappa shape index (κ2) is 6.04. The van der Waals surface area contributed by atoms with E-state index in [-0.39, 0.29) is 11.5 Å². The number of nitrogens with zero attached hydrogens (tertiary/aromatic N) is 1. The quantitative estimate of drug-likeness (QED) is 0.919. The second-order valence-corrected chi connectivity index (χ2v) is 6.75. The minimum atomic E-state index is 0.132. The van der Waals surface area contributed by atoms with Crippen molar-refractivity contribution >= 4 is 5.69 Å². The highest BCUT2D eigenvalue weighted by molar-refractivity contribution is 5.60. The summed E-state index contributed by atoms with van der Waals surface area (Å²) in [5, 5.41) is 0. The monoisotopic (exact) mass is 276 g/mol. The van der Waals surface area contributed by atoms with E-state index in [2.05, 4.69) is 50.8 Å². The Hall–Kier alpha value is -1.22. The third kappa shape index (κ3) is 3.09. The lowest BCUT2D eigenvalue weighted by Crippen LogP contribution is -2.55. The predicted molar refractivity (Wildman–Crippen MR) is 85.4 cm³/mol. The van der Waals surface area contributed by atoms with Gasteiger partial charge in [0.25, 0.3) is 0 Å². The summed E-state index contributed by atoms with van der Waals surface area (Å²) >= 11 is 0. The first-order valence-electron chi connectivity index (χ1n) is 7.69. The number of anilines is 1. The lowest BCUT2D eigenvalue weighted by molar-refractivity contribution is 0.259. The average molecular weight is 276 g/mol. The number of hydrogen-bond donors (Lipinski definition) is 1. The molecule has 3 nitrogen and oxygen atoms in total. The van der Waals surface area contributed by atoms with Crippen molar-refractivity contribution in [1.29, 1.82) is 0 Å². The number of hydrogen-bond acceptors (Lipinski definition) is 3. The van der Waals surface area contributed by atoms with Gasteiger partial charge in [-0.15, -0.1) is 0 Å². The SMILES string of the molecule is CCC(N)C(N1CCCOc2ccccc21)C(C)(C)C. The Balaban J connectivity index is 2.42. The third-order valence-electron chi connectivity index (χ3n) is 4.08. The summed E-state index contributed by atoms with van der Waals surface area (Å²) in [6, 6.07) is 8.81. The lowest BCUT2D eigenvalue weighted by atomic mass is 9.80. The Morgan fingerprint density at radius 3 is 2.65 bits per heavy atom. The Morgan fingerprint density at radius 2 is 2.00 bits per heavy atom. The van der Waals surface area contributed by atoms with Gasteiger partial charge >= 0.3 is 0 Å². The molecule has 1 aliphatic rings. The molecule has 0 radical (unpaired) electrons. The van der Waals surface area contributed by atoms with E-state index in [1.807, 2.05) is 6.07 Å². The van der Waals surface area contributed by atoms with Gasteiger partial charge in [0.1, 0.15) is 5.75 Å². The van der Waals surface area contributed by atoms with E-state index in [4.69, 9.17) is 10.5 Å². The van der Waals surface area contributed by atoms with Crippen molar-refractivity contribution in [3.8, 4) is 5.75 Å². The number of para-hydroxylation sites is 2. The highest BCUT2D eigenvalue weighted by atomic mass is 16.5. The Labute approximate surface area is 123 Å². The van der Waals surface area contributed by atoms with Gasteiger partial charge in [0, 0.05) is 18.6 Å². The summed E-state index contributed by atoms with van der Waals surface area (Å²) in [7, 11) is 0. The minimum Gasteiger partial charge on any atom is -0.491 e. The standard InChI is InChI=1S/C17H28N2O/c1-5-13(18)16(17(2,3)4)19-11-8-12-20-15-10-7-6-9-14(15)19/h6-7,9-10,13,16H,5,8,11-12,18H2,1-4H3. The summed E-state index contributed by atoms with van der Waals surface area (Å²) in [5.41, 5.74) is 7.78. The van der Waals surface area contributed by atoms with Crippen LogP contribution in [0.3, 0.4) is 0 Å². The van der Waals surface area contributed by atoms with E-state index in [0.717, 1.165) is 31.7 Å². The van der Waals surface area contributed by atoms with Crippen molar-refractivity contribution in [1.82, 2.24) is 0 Å². The lowest BCUT2D eigenvalue weighted by Gasteiger charge is -2.44. The molecule has 2 N–H and O–H groups in total. The Morgan fingerprint density at radius 1 is 1.30 bits per heavy atom. The molecule has 2 unspecified atom stereocenters. The topological polar surface area (TPSA) is 38.5 Å². The van der Waals surface area contributed by atoms with Crippen LogP contribution >= 0.6 is 0 Å². The molecular formula is C17H28N2O. The molecule has 2 rings (SSSR count). The van der Waals surface area contributed by atoms with Crippen molar-refractivity contribution in [2.75, 3.05) is 18.1 Å². The zero-order valence-electron chi connectivity index (χ0n) is 13.2. The summed E-state index contributed by atoms with van der Waals surface area (Å²) in [6.45, 7) is 10.8. The van der Waals surface area contributed by atoms with E-state index in [1.165, 1.54) is 5.69 Å². The van der Waals surface area contributed by atoms with Gasteiger partial charge in [-0.3, -0.25) is 0 Å². The molecule has 3 heteroatoms. The molecule has 1 aliphatic heterocycles. The third-order valence-corrected chi connectivity index (χ3v) is 4.08. The average Bonchev–Trinajstić information content (AvgIpc) is 2.60. The van der Waals surface area contributed by atoms with Crippen LogP contribution in [0, 0.1) is 5.41 Å². The van der Waals surface area contributed by atoms with Gasteiger partial charge in [0.2, 0.25) is 0 Å². The van der Waals surface area contributed by atoms with E-state index < -0.39 is 0 Å². The van der Waals surface area contributed by atoms with Crippen molar-refractivity contribution < 1.29 is 4.74 Å². The first-order chi connectivity index (χ1) is 9.45. The molecule has 1 aromatic rings. The zero-order chi connectivity index (χ0) is 14.8. The van der Waals surface area contributed by atoms with Gasteiger partial charge in [0.05, 0.1) is 12.3 Å². The van der Waals surface area contributed by atoms with Crippen molar-refractivity contribution in [2.45, 2.75) is 52.6 Å². The fourth-order valence-corrected chi connectivity index (χ4v) is 3.21. The van der Waals surface area contributed by atoms with Crippen LogP contribution in [0.1, 0.15) is 40.5 Å². The molecule has 0 aliphatic carbocycles. The number of ether oxygens (including phenoxy) is 1. The smallest absolute Gasteiger partial charge is 0.142 e. The molecule has 2 atom stereocenters. The largest absolute Gasteiger partial charge is 0.491 e. The van der Waals surface area contributed by atoms with E-state index >= 15 is 0 Å². The molecule has 0 spiro atoms. The maximum Gasteiger partial charge on any atom is 0.142 e. The van der Waals surface area contributed by atoms with Crippen LogP contribution in [0.25, 0.3) is 0 Å². The molecule has 0 saturated carbocycles. The molecule has 0 bridgehead atoms. The van der Waals surface area contributed by atoms with Crippen LogP contribution in [0.4, 0.5) is 5.69 Å². The maximum atomic E-state index is 6.46. The molecule has 20 heavy (non-hydrogen) atoms. The molecule has 0 saturated heterocycles. The molecule has 0 amide bonds. The zero-order valence-corrected chi connectivity index (χ0v) is 13.2. The first-order valence-corrected chi connectivity index (χ1v) is 7.69. The summed E-state index contributed by atoms with van der Waals surface area (Å²) in [6.07, 6.45) is 2.03. The van der Waals surface area contributed by atoms with E-state index in [9.17, 15) is 0 Å². The summed E-state index contributed by atoms with van der Waals surface area (Å²) in [4.78, 5) is 2.47. The van der Waals surface area contributed by atoms with Gasteiger partial charge < -0.3 is 15.4 Å². The van der Waals surface area contributed by atoms with Crippen LogP contribution < -0.4 is 15.4 Å². The van der Waals surface area contributed by atoms with Crippen LogP contribution in [0.2, 0.25) is 0 Å². The van der Waals surface area contributed by atoms with Crippen LogP contribution in [-0.4, -0.2) is 25.2 Å². The number of nitrogens with two attached hydrogens (primary N) is 1. The molecule has 1 heterocycles. The van der Waals surface area contributed by atoms with E-state index in [0.29, 0.717) is 6.04 Å². The summed E-state index contributed by atoms with van der Waals surface area (Å²) in [5.74, 6) is 0.988.